The molecule has 6 heteroatoms. The third kappa shape index (κ3) is 5.22. The molecule has 2 aromatic carbocycles. The number of likely N-dealkylation sites (tertiary alicyclic amines) is 2. The number of hydrogen-bond donors (Lipinski definition) is 0. The number of esters is 1. The first-order valence-corrected chi connectivity index (χ1v) is 11.8. The van der Waals surface area contributed by atoms with Gasteiger partial charge in [0.05, 0.1) is 25.6 Å². The van der Waals surface area contributed by atoms with E-state index >= 15 is 0 Å². The lowest BCUT2D eigenvalue weighted by atomic mass is 9.77. The molecular formula is C27H34N2O4. The second-order valence-electron chi connectivity index (χ2n) is 9.22. The van der Waals surface area contributed by atoms with Crippen LogP contribution in [-0.4, -0.2) is 62.1 Å². The number of carbonyl (C=O) groups excluding carboxylic acids is 2. The number of rotatable bonds is 8. The van der Waals surface area contributed by atoms with Crippen LogP contribution in [0.2, 0.25) is 0 Å². The Morgan fingerprint density at radius 2 is 1.64 bits per heavy atom. The van der Waals surface area contributed by atoms with Crippen molar-refractivity contribution in [1.82, 2.24) is 9.80 Å². The fourth-order valence-electron chi connectivity index (χ4n) is 5.22. The second kappa shape index (κ2) is 10.4. The molecule has 2 aliphatic rings. The largest absolute Gasteiger partial charge is 0.497 e. The molecule has 2 heterocycles. The molecule has 33 heavy (non-hydrogen) atoms. The Labute approximate surface area is 196 Å². The number of benzene rings is 2. The van der Waals surface area contributed by atoms with E-state index in [9.17, 15) is 9.59 Å². The smallest absolute Gasteiger partial charge is 0.313 e. The highest BCUT2D eigenvalue weighted by molar-refractivity contribution is 5.85. The van der Waals surface area contributed by atoms with Gasteiger partial charge in [-0.1, -0.05) is 42.5 Å². The van der Waals surface area contributed by atoms with Gasteiger partial charge in [0, 0.05) is 13.1 Å². The van der Waals surface area contributed by atoms with Crippen LogP contribution in [0.3, 0.4) is 0 Å². The van der Waals surface area contributed by atoms with Crippen molar-refractivity contribution < 1.29 is 19.1 Å². The Balaban J connectivity index is 1.30. The number of methoxy groups -OCH3 is 2. The summed E-state index contributed by atoms with van der Waals surface area (Å²) >= 11 is 0. The van der Waals surface area contributed by atoms with Crippen LogP contribution in [0.4, 0.5) is 0 Å². The number of amides is 1. The summed E-state index contributed by atoms with van der Waals surface area (Å²) in [5, 5.41) is 0. The van der Waals surface area contributed by atoms with Crippen LogP contribution in [-0.2, 0) is 20.9 Å². The van der Waals surface area contributed by atoms with Crippen LogP contribution in [0.25, 0.3) is 0 Å². The topological polar surface area (TPSA) is 59.1 Å². The lowest BCUT2D eigenvalue weighted by Crippen LogP contribution is -2.45. The van der Waals surface area contributed by atoms with E-state index in [1.807, 2.05) is 59.5 Å². The molecule has 2 saturated heterocycles. The highest BCUT2D eigenvalue weighted by atomic mass is 16.5. The Morgan fingerprint density at radius 1 is 0.970 bits per heavy atom. The molecule has 1 unspecified atom stereocenters. The summed E-state index contributed by atoms with van der Waals surface area (Å²) in [6.45, 7) is 4.10. The van der Waals surface area contributed by atoms with E-state index in [-0.39, 0.29) is 17.3 Å². The van der Waals surface area contributed by atoms with Crippen molar-refractivity contribution in [2.24, 2.45) is 5.41 Å². The predicted octanol–water partition coefficient (Wildman–Crippen LogP) is 3.86. The molecule has 4 rings (SSSR count). The van der Waals surface area contributed by atoms with Gasteiger partial charge in [0.1, 0.15) is 5.75 Å². The number of piperidine rings is 1. The molecule has 0 saturated carbocycles. The third-order valence-corrected chi connectivity index (χ3v) is 7.37. The Morgan fingerprint density at radius 3 is 2.27 bits per heavy atom. The van der Waals surface area contributed by atoms with Crippen molar-refractivity contribution >= 4 is 11.9 Å². The van der Waals surface area contributed by atoms with Crippen LogP contribution in [0.5, 0.6) is 5.75 Å². The minimum Gasteiger partial charge on any atom is -0.497 e. The van der Waals surface area contributed by atoms with E-state index in [0.29, 0.717) is 12.5 Å². The van der Waals surface area contributed by atoms with Crippen molar-refractivity contribution in [3.63, 3.8) is 0 Å². The monoisotopic (exact) mass is 450 g/mol. The molecule has 1 spiro atoms. The second-order valence-corrected chi connectivity index (χ2v) is 9.22. The molecule has 176 valence electrons. The summed E-state index contributed by atoms with van der Waals surface area (Å²) in [6.07, 6.45) is 3.43. The van der Waals surface area contributed by atoms with E-state index in [2.05, 4.69) is 4.90 Å². The van der Waals surface area contributed by atoms with Crippen LogP contribution in [0.15, 0.2) is 54.6 Å². The molecule has 0 N–H and O–H groups in total. The number of carbonyl (C=O) groups is 2. The molecule has 0 aliphatic carbocycles. The highest BCUT2D eigenvalue weighted by Crippen LogP contribution is 2.42. The average Bonchev–Trinajstić information content (AvgIpc) is 3.16. The Hall–Kier alpha value is -2.86. The molecule has 0 aromatic heterocycles. The van der Waals surface area contributed by atoms with Gasteiger partial charge in [-0.2, -0.15) is 0 Å². The van der Waals surface area contributed by atoms with E-state index in [4.69, 9.17) is 9.47 Å². The zero-order valence-electron chi connectivity index (χ0n) is 19.7. The summed E-state index contributed by atoms with van der Waals surface area (Å²) in [4.78, 5) is 30.1. The summed E-state index contributed by atoms with van der Waals surface area (Å²) < 4.78 is 10.3. The van der Waals surface area contributed by atoms with Gasteiger partial charge in [0.2, 0.25) is 5.91 Å². The first kappa shape index (κ1) is 23.3. The number of nitrogens with zero attached hydrogens (tertiary/aromatic N) is 2. The molecule has 0 radical (unpaired) electrons. The number of ether oxygens (including phenoxy) is 2. The molecule has 0 bridgehead atoms. The maximum Gasteiger partial charge on any atom is 0.313 e. The van der Waals surface area contributed by atoms with Gasteiger partial charge in [-0.05, 0) is 68.6 Å². The van der Waals surface area contributed by atoms with E-state index in [1.165, 1.54) is 7.11 Å². The minimum absolute atomic E-state index is 0.185. The van der Waals surface area contributed by atoms with Crippen molar-refractivity contribution in [3.8, 4) is 5.75 Å². The lowest BCUT2D eigenvalue weighted by molar-refractivity contribution is -0.142. The standard InChI is InChI=1S/C27H34N2O4/c1-32-23-10-8-21(9-11-23)20-29-19-15-27(26(29)31)13-17-28(18-14-27)16-12-24(25(30)33-2)22-6-4-3-5-7-22/h3-11,24H,12-20H2,1-2H3. The van der Waals surface area contributed by atoms with Crippen molar-refractivity contribution in [1.29, 1.82) is 0 Å². The molecule has 2 aromatic rings. The van der Waals surface area contributed by atoms with Crippen LogP contribution in [0.1, 0.15) is 42.7 Å². The van der Waals surface area contributed by atoms with E-state index < -0.39 is 0 Å². The summed E-state index contributed by atoms with van der Waals surface area (Å²) in [7, 11) is 3.11. The third-order valence-electron chi connectivity index (χ3n) is 7.37. The summed E-state index contributed by atoms with van der Waals surface area (Å²) in [5.74, 6) is 0.696. The Bertz CT molecular complexity index is 936. The first-order chi connectivity index (χ1) is 16.0. The van der Waals surface area contributed by atoms with Gasteiger partial charge in [-0.15, -0.1) is 0 Å². The van der Waals surface area contributed by atoms with Crippen molar-refractivity contribution in [3.05, 3.63) is 65.7 Å². The van der Waals surface area contributed by atoms with Crippen molar-refractivity contribution in [2.75, 3.05) is 40.4 Å². The SMILES string of the molecule is COC(=O)C(CCN1CCC2(CC1)CCN(Cc1ccc(OC)cc1)C2=O)c1ccccc1. The van der Waals surface area contributed by atoms with Gasteiger partial charge in [-0.25, -0.2) is 0 Å². The molecule has 1 atom stereocenters. The maximum absolute atomic E-state index is 13.3. The highest BCUT2D eigenvalue weighted by Gasteiger charge is 2.47. The quantitative estimate of drug-likeness (QED) is 0.572. The summed E-state index contributed by atoms with van der Waals surface area (Å²) in [6, 6.07) is 17.8. The number of hydrogen-bond acceptors (Lipinski definition) is 5. The van der Waals surface area contributed by atoms with Crippen LogP contribution >= 0.6 is 0 Å². The van der Waals surface area contributed by atoms with E-state index in [0.717, 1.165) is 68.7 Å². The van der Waals surface area contributed by atoms with Crippen LogP contribution in [0, 0.1) is 5.41 Å². The normalized spacial score (nSPS) is 19.0. The van der Waals surface area contributed by atoms with Gasteiger partial charge in [-0.3, -0.25) is 9.59 Å². The summed E-state index contributed by atoms with van der Waals surface area (Å²) in [5.41, 5.74) is 1.91. The first-order valence-electron chi connectivity index (χ1n) is 11.8. The predicted molar refractivity (Wildman–Crippen MR) is 127 cm³/mol. The molecule has 6 nitrogen and oxygen atoms in total. The zero-order chi connectivity index (χ0) is 23.3. The van der Waals surface area contributed by atoms with Crippen LogP contribution < -0.4 is 4.74 Å². The van der Waals surface area contributed by atoms with Crippen molar-refractivity contribution in [2.45, 2.75) is 38.1 Å². The lowest BCUT2D eigenvalue weighted by Gasteiger charge is -2.38. The Kier molecular flexibility index (Phi) is 7.33. The van der Waals surface area contributed by atoms with Gasteiger partial charge in [0.15, 0.2) is 0 Å². The average molecular weight is 451 g/mol. The minimum atomic E-state index is -0.250. The fourth-order valence-corrected chi connectivity index (χ4v) is 5.22. The molecule has 2 fully saturated rings. The van der Waals surface area contributed by atoms with Gasteiger partial charge >= 0.3 is 5.97 Å². The maximum atomic E-state index is 13.3. The van der Waals surface area contributed by atoms with E-state index in [1.54, 1.807) is 7.11 Å². The molecule has 2 aliphatic heterocycles. The fraction of sp³-hybridized carbons (Fsp3) is 0.481. The zero-order valence-corrected chi connectivity index (χ0v) is 19.7. The molecular weight excluding hydrogens is 416 g/mol. The van der Waals surface area contributed by atoms with Gasteiger partial charge < -0.3 is 19.3 Å². The van der Waals surface area contributed by atoms with Gasteiger partial charge in [0.25, 0.3) is 0 Å². The molecule has 1 amide bonds.